The van der Waals surface area contributed by atoms with E-state index < -0.39 is 10.0 Å². The van der Waals surface area contributed by atoms with Crippen molar-refractivity contribution in [3.05, 3.63) is 29.8 Å². The first kappa shape index (κ1) is 15.6. The summed E-state index contributed by atoms with van der Waals surface area (Å²) in [5.41, 5.74) is 0.935. The van der Waals surface area contributed by atoms with Gasteiger partial charge in [-0.2, -0.15) is 0 Å². The van der Waals surface area contributed by atoms with E-state index in [0.717, 1.165) is 5.56 Å². The van der Waals surface area contributed by atoms with Crippen molar-refractivity contribution in [2.75, 3.05) is 13.6 Å². The van der Waals surface area contributed by atoms with Crippen LogP contribution in [0.25, 0.3) is 0 Å². The third-order valence-electron chi connectivity index (χ3n) is 2.79. The molecule has 0 bridgehead atoms. The van der Waals surface area contributed by atoms with E-state index in [1.807, 2.05) is 6.92 Å². The zero-order valence-corrected chi connectivity index (χ0v) is 11.8. The minimum absolute atomic E-state index is 0.0238. The van der Waals surface area contributed by atoms with Crippen molar-refractivity contribution >= 4 is 15.9 Å². The van der Waals surface area contributed by atoms with Gasteiger partial charge in [-0.3, -0.25) is 4.79 Å². The van der Waals surface area contributed by atoms with Gasteiger partial charge in [0.1, 0.15) is 0 Å². The molecule has 1 rings (SSSR count). The van der Waals surface area contributed by atoms with Crippen molar-refractivity contribution in [2.45, 2.75) is 24.3 Å². The maximum Gasteiger partial charge on any atom is 0.238 e. The quantitative estimate of drug-likeness (QED) is 0.691. The summed E-state index contributed by atoms with van der Waals surface area (Å²) in [5, 5.41) is 10.7. The second-order valence-electron chi connectivity index (χ2n) is 4.21. The predicted molar refractivity (Wildman–Crippen MR) is 72.9 cm³/mol. The number of hydrogen-bond acceptors (Lipinski definition) is 4. The topological polar surface area (TPSA) is 101 Å². The molecule has 0 aliphatic rings. The summed E-state index contributed by atoms with van der Waals surface area (Å²) in [6, 6.07) is 6.39. The molecule has 1 aromatic carbocycles. The normalized spacial score (nSPS) is 13.0. The third kappa shape index (κ3) is 4.98. The molecule has 0 saturated heterocycles. The molecule has 6 nitrogen and oxygen atoms in total. The first-order valence-corrected chi connectivity index (χ1v) is 7.46. The van der Waals surface area contributed by atoms with Crippen molar-refractivity contribution in [3.63, 3.8) is 0 Å². The predicted octanol–water partition coefficient (Wildman–Crippen LogP) is 0.121. The monoisotopic (exact) mass is 285 g/mol. The van der Waals surface area contributed by atoms with E-state index in [2.05, 4.69) is 10.6 Å². The minimum Gasteiger partial charge on any atom is -0.359 e. The Morgan fingerprint density at radius 2 is 1.89 bits per heavy atom. The van der Waals surface area contributed by atoms with Crippen LogP contribution in [-0.2, 0) is 14.8 Å². The Morgan fingerprint density at radius 3 is 2.37 bits per heavy atom. The number of nitrogens with two attached hydrogens (primary N) is 1. The fraction of sp³-hybridized carbons (Fsp3) is 0.417. The van der Waals surface area contributed by atoms with Crippen LogP contribution in [0.5, 0.6) is 0 Å². The number of nitrogens with one attached hydrogen (secondary N) is 2. The summed E-state index contributed by atoms with van der Waals surface area (Å²) in [6.45, 7) is 2.49. The molecule has 0 saturated carbocycles. The van der Waals surface area contributed by atoms with Gasteiger partial charge in [-0.05, 0) is 24.6 Å². The lowest BCUT2D eigenvalue weighted by molar-refractivity contribution is -0.120. The maximum absolute atomic E-state index is 11.1. The van der Waals surface area contributed by atoms with Crippen molar-refractivity contribution in [3.8, 4) is 0 Å². The van der Waals surface area contributed by atoms with E-state index in [1.165, 1.54) is 12.1 Å². The van der Waals surface area contributed by atoms with Gasteiger partial charge in [0.2, 0.25) is 15.9 Å². The van der Waals surface area contributed by atoms with Crippen molar-refractivity contribution < 1.29 is 13.2 Å². The van der Waals surface area contributed by atoms with Crippen LogP contribution in [0.2, 0.25) is 0 Å². The number of amides is 1. The molecule has 1 aromatic rings. The van der Waals surface area contributed by atoms with E-state index in [-0.39, 0.29) is 16.8 Å². The van der Waals surface area contributed by atoms with Gasteiger partial charge in [0, 0.05) is 26.1 Å². The van der Waals surface area contributed by atoms with Crippen molar-refractivity contribution in [1.82, 2.24) is 10.6 Å². The number of primary sulfonamides is 1. The Labute approximate surface area is 113 Å². The van der Waals surface area contributed by atoms with Crippen LogP contribution in [0.1, 0.15) is 24.9 Å². The van der Waals surface area contributed by atoms with Crippen LogP contribution in [0.3, 0.4) is 0 Å². The molecule has 1 amide bonds. The van der Waals surface area contributed by atoms with E-state index in [1.54, 1.807) is 19.2 Å². The second-order valence-corrected chi connectivity index (χ2v) is 5.77. The first-order valence-electron chi connectivity index (χ1n) is 5.91. The van der Waals surface area contributed by atoms with Gasteiger partial charge in [0.25, 0.3) is 0 Å². The molecule has 19 heavy (non-hydrogen) atoms. The lowest BCUT2D eigenvalue weighted by atomic mass is 10.1. The van der Waals surface area contributed by atoms with Crippen LogP contribution < -0.4 is 15.8 Å². The second kappa shape index (κ2) is 6.65. The zero-order chi connectivity index (χ0) is 14.5. The molecule has 1 unspecified atom stereocenters. The highest BCUT2D eigenvalue weighted by molar-refractivity contribution is 7.89. The summed E-state index contributed by atoms with van der Waals surface area (Å²) in [4.78, 5) is 11.1. The summed E-state index contributed by atoms with van der Waals surface area (Å²) in [6.07, 6.45) is 0.399. The number of sulfonamides is 1. The van der Waals surface area contributed by atoms with Crippen LogP contribution in [0, 0.1) is 0 Å². The van der Waals surface area contributed by atoms with Gasteiger partial charge in [-0.1, -0.05) is 12.1 Å². The Hall–Kier alpha value is -1.44. The number of carbonyl (C=O) groups is 1. The van der Waals surface area contributed by atoms with Crippen LogP contribution in [-0.4, -0.2) is 27.9 Å². The molecule has 0 fully saturated rings. The molecule has 0 heterocycles. The van der Waals surface area contributed by atoms with Gasteiger partial charge in [0.05, 0.1) is 4.90 Å². The Bertz CT molecular complexity index is 526. The summed E-state index contributed by atoms with van der Waals surface area (Å²) in [7, 11) is -2.06. The summed E-state index contributed by atoms with van der Waals surface area (Å²) in [5.74, 6) is -0.0238. The Morgan fingerprint density at radius 1 is 1.32 bits per heavy atom. The molecule has 0 spiro atoms. The van der Waals surface area contributed by atoms with E-state index in [0.29, 0.717) is 13.0 Å². The average molecular weight is 285 g/mol. The first-order chi connectivity index (χ1) is 8.84. The molecule has 0 aliphatic carbocycles. The van der Waals surface area contributed by atoms with Crippen molar-refractivity contribution in [2.24, 2.45) is 5.14 Å². The largest absolute Gasteiger partial charge is 0.359 e. The lowest BCUT2D eigenvalue weighted by Crippen LogP contribution is -2.26. The number of benzene rings is 1. The lowest BCUT2D eigenvalue weighted by Gasteiger charge is -2.14. The molecule has 0 radical (unpaired) electrons. The molecule has 7 heteroatoms. The van der Waals surface area contributed by atoms with Gasteiger partial charge >= 0.3 is 0 Å². The molecular weight excluding hydrogens is 266 g/mol. The zero-order valence-electron chi connectivity index (χ0n) is 11.0. The molecule has 1 atom stereocenters. The van der Waals surface area contributed by atoms with Crippen LogP contribution >= 0.6 is 0 Å². The fourth-order valence-corrected chi connectivity index (χ4v) is 2.11. The van der Waals surface area contributed by atoms with Crippen molar-refractivity contribution in [1.29, 1.82) is 0 Å². The Balaban J connectivity index is 2.58. The third-order valence-corrected chi connectivity index (χ3v) is 3.72. The molecule has 0 aliphatic heterocycles. The fourth-order valence-electron chi connectivity index (χ4n) is 1.59. The smallest absolute Gasteiger partial charge is 0.238 e. The minimum atomic E-state index is -3.65. The molecule has 4 N–H and O–H groups in total. The highest BCUT2D eigenvalue weighted by Gasteiger charge is 2.09. The van der Waals surface area contributed by atoms with Crippen LogP contribution in [0.4, 0.5) is 0 Å². The van der Waals surface area contributed by atoms with Gasteiger partial charge in [-0.25, -0.2) is 13.6 Å². The highest BCUT2D eigenvalue weighted by Crippen LogP contribution is 2.15. The van der Waals surface area contributed by atoms with E-state index in [4.69, 9.17) is 5.14 Å². The molecule has 106 valence electrons. The maximum atomic E-state index is 11.1. The number of hydrogen-bond donors (Lipinski definition) is 3. The molecular formula is C12H19N3O3S. The summed E-state index contributed by atoms with van der Waals surface area (Å²) >= 11 is 0. The van der Waals surface area contributed by atoms with Gasteiger partial charge < -0.3 is 10.6 Å². The average Bonchev–Trinajstić information content (AvgIpc) is 2.37. The number of rotatable bonds is 6. The SMILES string of the molecule is CNC(=O)CCNC(C)c1ccc(S(N)(=O)=O)cc1. The van der Waals surface area contributed by atoms with Crippen LogP contribution in [0.15, 0.2) is 29.2 Å². The van der Waals surface area contributed by atoms with Gasteiger partial charge in [-0.15, -0.1) is 0 Å². The van der Waals surface area contributed by atoms with E-state index >= 15 is 0 Å². The summed E-state index contributed by atoms with van der Waals surface area (Å²) < 4.78 is 22.2. The number of carbonyl (C=O) groups excluding carboxylic acids is 1. The highest BCUT2D eigenvalue weighted by atomic mass is 32.2. The van der Waals surface area contributed by atoms with E-state index in [9.17, 15) is 13.2 Å². The molecule has 0 aromatic heterocycles. The Kier molecular flexibility index (Phi) is 5.46. The van der Waals surface area contributed by atoms with Gasteiger partial charge in [0.15, 0.2) is 0 Å². The standard InChI is InChI=1S/C12H19N3O3S/c1-9(15-8-7-12(16)14-2)10-3-5-11(6-4-10)19(13,17)18/h3-6,9,15H,7-8H2,1-2H3,(H,14,16)(H2,13,17,18).